The molecule has 0 unspecified atom stereocenters. The highest BCUT2D eigenvalue weighted by molar-refractivity contribution is 6.21. The fraction of sp³-hybridized carbons (Fsp3) is 0.0652. The zero-order valence-corrected chi connectivity index (χ0v) is 57.0. The first-order chi connectivity index (χ1) is 50.1. The van der Waals surface area contributed by atoms with Crippen LogP contribution in [0.4, 0.5) is 103 Å². The molecule has 16 aromatic rings. The largest absolute Gasteiger partial charge is 0.310 e. The lowest BCUT2D eigenvalue weighted by molar-refractivity contribution is 0.631. The Morgan fingerprint density at radius 1 is 0.225 bits per heavy atom. The van der Waals surface area contributed by atoms with Gasteiger partial charge in [-0.1, -0.05) is 173 Å². The normalized spacial score (nSPS) is 13.2. The molecule has 0 bridgehead atoms. The highest BCUT2D eigenvalue weighted by Gasteiger charge is 2.41. The summed E-state index contributed by atoms with van der Waals surface area (Å²) in [5, 5.41) is 1.70. The van der Waals surface area contributed by atoms with E-state index in [4.69, 9.17) is 19.9 Å². The summed E-state index contributed by atoms with van der Waals surface area (Å²) in [4.78, 5) is 36.2. The van der Waals surface area contributed by atoms with Crippen molar-refractivity contribution < 1.29 is 0 Å². The van der Waals surface area contributed by atoms with E-state index >= 15 is 0 Å². The number of benzene rings is 13. The molecule has 2 aliphatic rings. The van der Waals surface area contributed by atoms with Gasteiger partial charge in [-0.25, -0.2) is 9.97 Å². The smallest absolute Gasteiger partial charge is 0.138 e. The summed E-state index contributed by atoms with van der Waals surface area (Å²) in [7, 11) is 0. The maximum Gasteiger partial charge on any atom is 0.138 e. The van der Waals surface area contributed by atoms with Gasteiger partial charge in [0, 0.05) is 102 Å². The first-order valence-electron chi connectivity index (χ1n) is 34.8. The standard InChI is InChI=1S/C92H70N10/c1-91(2)77-59-71(97(63-29-13-5-14-30-63)64-31-15-6-16-32-64)45-51-81(77)101(82-52-46-72(60-78(82)91)98(65-33-17-7-18-34-65)66-35-19-8-20-36-66)85-55-49-75-87-88(94-58-57-93-87)76-50-56-86(96-90(76)89(75)95-85)102-83-53-47-73(99(67-37-21-9-22-38-67)68-39-23-10-24-40-68)61-79(83)92(3,4)80-62-74(48-54-84(80)102)100(69-41-25-11-26-42-69)70-43-27-12-28-44-70/h5-62H,1-4H3. The molecule has 3 aromatic heterocycles. The minimum Gasteiger partial charge on any atom is -0.310 e. The molecule has 10 nitrogen and oxygen atoms in total. The number of hydrogen-bond donors (Lipinski definition) is 0. The molecule has 0 atom stereocenters. The first kappa shape index (κ1) is 61.2. The van der Waals surface area contributed by atoms with Gasteiger partial charge < -0.3 is 19.6 Å². The van der Waals surface area contributed by atoms with Crippen LogP contribution in [0, 0.1) is 0 Å². The van der Waals surface area contributed by atoms with E-state index in [1.165, 1.54) is 0 Å². The lowest BCUT2D eigenvalue weighted by Crippen LogP contribution is -2.32. The maximum atomic E-state index is 5.95. The van der Waals surface area contributed by atoms with Crippen molar-refractivity contribution in [1.82, 2.24) is 19.9 Å². The Balaban J connectivity index is 0.857. The fourth-order valence-corrected chi connectivity index (χ4v) is 15.5. The Morgan fingerprint density at radius 3 is 0.657 bits per heavy atom. The van der Waals surface area contributed by atoms with Gasteiger partial charge in [-0.3, -0.25) is 19.8 Å². The number of aromatic nitrogens is 4. The Labute approximate surface area is 594 Å². The van der Waals surface area contributed by atoms with Gasteiger partial charge in [0.1, 0.15) is 22.7 Å². The van der Waals surface area contributed by atoms with Crippen LogP contribution >= 0.6 is 0 Å². The maximum absolute atomic E-state index is 5.95. The van der Waals surface area contributed by atoms with Crippen molar-refractivity contribution >= 4 is 135 Å². The molecule has 0 saturated carbocycles. The van der Waals surface area contributed by atoms with E-state index < -0.39 is 10.8 Å². The van der Waals surface area contributed by atoms with Crippen molar-refractivity contribution in [3.05, 3.63) is 374 Å². The van der Waals surface area contributed by atoms with E-state index in [1.807, 2.05) is 0 Å². The van der Waals surface area contributed by atoms with Gasteiger partial charge in [-0.05, 0) is 216 Å². The highest BCUT2D eigenvalue weighted by atomic mass is 15.2. The first-order valence-corrected chi connectivity index (χ1v) is 34.8. The van der Waals surface area contributed by atoms with Crippen molar-refractivity contribution in [1.29, 1.82) is 0 Å². The van der Waals surface area contributed by atoms with Crippen LogP contribution in [0.2, 0.25) is 0 Å². The third kappa shape index (κ3) is 10.4. The summed E-state index contributed by atoms with van der Waals surface area (Å²) in [6.45, 7) is 9.46. The third-order valence-corrected chi connectivity index (χ3v) is 20.4. The number of pyridine rings is 2. The van der Waals surface area contributed by atoms with E-state index in [-0.39, 0.29) is 0 Å². The second kappa shape index (κ2) is 25.0. The van der Waals surface area contributed by atoms with Crippen molar-refractivity contribution in [2.24, 2.45) is 0 Å². The van der Waals surface area contributed by atoms with E-state index in [1.54, 1.807) is 12.4 Å². The molecule has 18 rings (SSSR count). The van der Waals surface area contributed by atoms with E-state index in [0.29, 0.717) is 11.0 Å². The second-order valence-electron chi connectivity index (χ2n) is 27.1. The van der Waals surface area contributed by atoms with Gasteiger partial charge in [0.25, 0.3) is 0 Å². The molecule has 0 amide bonds. The quantitative estimate of drug-likeness (QED) is 0.0983. The third-order valence-electron chi connectivity index (χ3n) is 20.4. The molecule has 5 heterocycles. The van der Waals surface area contributed by atoms with Crippen LogP contribution in [0.5, 0.6) is 0 Å². The lowest BCUT2D eigenvalue weighted by atomic mass is 9.73. The Bertz CT molecular complexity index is 5000. The van der Waals surface area contributed by atoms with E-state index in [2.05, 4.69) is 397 Å². The predicted octanol–water partition coefficient (Wildman–Crippen LogP) is 24.8. The van der Waals surface area contributed by atoms with Gasteiger partial charge in [-0.2, -0.15) is 0 Å². The minimum atomic E-state index is -0.531. The molecule has 0 radical (unpaired) electrons. The van der Waals surface area contributed by atoms with Crippen molar-refractivity contribution in [3.8, 4) is 0 Å². The van der Waals surface area contributed by atoms with Crippen LogP contribution in [0.25, 0.3) is 32.8 Å². The number of rotatable bonds is 14. The molecule has 0 fully saturated rings. The highest BCUT2D eigenvalue weighted by Crippen LogP contribution is 2.58. The van der Waals surface area contributed by atoms with Crippen molar-refractivity contribution in [2.45, 2.75) is 38.5 Å². The molecule has 102 heavy (non-hydrogen) atoms. The van der Waals surface area contributed by atoms with Crippen molar-refractivity contribution in [2.75, 3.05) is 29.4 Å². The molecule has 0 saturated heterocycles. The molecular formula is C92H70N10. The van der Waals surface area contributed by atoms with E-state index in [0.717, 1.165) is 147 Å². The molecule has 0 aliphatic carbocycles. The van der Waals surface area contributed by atoms with Crippen LogP contribution in [0.3, 0.4) is 0 Å². The summed E-state index contributed by atoms with van der Waals surface area (Å²) in [6, 6.07) is 122. The summed E-state index contributed by atoms with van der Waals surface area (Å²) >= 11 is 0. The van der Waals surface area contributed by atoms with Crippen LogP contribution in [-0.2, 0) is 10.8 Å². The number of anilines is 18. The van der Waals surface area contributed by atoms with Gasteiger partial charge >= 0.3 is 0 Å². The van der Waals surface area contributed by atoms with Crippen molar-refractivity contribution in [3.63, 3.8) is 0 Å². The lowest BCUT2D eigenvalue weighted by Gasteiger charge is -2.43. The number of fused-ring (bicyclic) bond motifs is 10. The van der Waals surface area contributed by atoms with Gasteiger partial charge in [0.15, 0.2) is 0 Å². The summed E-state index contributed by atoms with van der Waals surface area (Å²) in [6.07, 6.45) is 3.55. The average molecular weight is 1320 g/mol. The molecule has 488 valence electrons. The molecule has 10 heteroatoms. The van der Waals surface area contributed by atoms with Gasteiger partial charge in [0.2, 0.25) is 0 Å². The summed E-state index contributed by atoms with van der Waals surface area (Å²) in [5.41, 5.74) is 23.2. The molecule has 2 aliphatic heterocycles. The second-order valence-corrected chi connectivity index (χ2v) is 27.1. The molecule has 13 aromatic carbocycles. The summed E-state index contributed by atoms with van der Waals surface area (Å²) < 4.78 is 0. The van der Waals surface area contributed by atoms with Crippen LogP contribution in [0.1, 0.15) is 49.9 Å². The Kier molecular flexibility index (Phi) is 15.0. The zero-order chi connectivity index (χ0) is 68.5. The predicted molar refractivity (Wildman–Crippen MR) is 422 cm³/mol. The summed E-state index contributed by atoms with van der Waals surface area (Å²) in [5.74, 6) is 1.48. The fourth-order valence-electron chi connectivity index (χ4n) is 15.5. The minimum absolute atomic E-state index is 0.531. The Hall–Kier alpha value is -13.2. The van der Waals surface area contributed by atoms with Gasteiger partial charge in [-0.15, -0.1) is 0 Å². The molecule has 0 N–H and O–H groups in total. The number of hydrogen-bond acceptors (Lipinski definition) is 10. The molecular weight excluding hydrogens is 1250 g/mol. The number of para-hydroxylation sites is 8. The number of nitrogens with zero attached hydrogens (tertiary/aromatic N) is 10. The SMILES string of the molecule is CC1(C)c2cc(N(c3ccccc3)c3ccccc3)ccc2N(c2ccc3c4nccnc4c4ccc(N5c6ccc(N(c7ccccc7)c7ccccc7)cc6C(C)(C)c6cc(N(c7ccccc7)c7ccccc7)ccc65)nc4c3n2)c2ccc(N(c3ccccc3)c3ccccc3)cc21. The molecule has 0 spiro atoms. The average Bonchev–Trinajstić information content (AvgIpc) is 0.714. The van der Waals surface area contributed by atoms with E-state index in [9.17, 15) is 0 Å². The van der Waals surface area contributed by atoms with Crippen LogP contribution < -0.4 is 29.4 Å². The van der Waals surface area contributed by atoms with Gasteiger partial charge in [0.05, 0.1) is 33.8 Å². The zero-order valence-electron chi connectivity index (χ0n) is 57.0. The topological polar surface area (TPSA) is 71.0 Å². The Morgan fingerprint density at radius 2 is 0.441 bits per heavy atom. The van der Waals surface area contributed by atoms with Crippen LogP contribution in [-0.4, -0.2) is 19.9 Å². The monoisotopic (exact) mass is 1310 g/mol. The van der Waals surface area contributed by atoms with Crippen LogP contribution in [0.15, 0.2) is 352 Å².